The Bertz CT molecular complexity index is 377. The van der Waals surface area contributed by atoms with E-state index in [1.165, 1.54) is 0 Å². The van der Waals surface area contributed by atoms with Crippen molar-refractivity contribution in [2.24, 2.45) is 17.3 Å². The highest BCUT2D eigenvalue weighted by Crippen LogP contribution is 2.42. The number of rotatable bonds is 8. The fraction of sp³-hybridized carbons (Fsp3) is 0.750. The molecule has 0 aliphatic rings. The Hall–Kier alpha value is -1.32. The largest absolute Gasteiger partial charge is 0.477 e. The molecule has 1 unspecified atom stereocenters. The molecule has 4 nitrogen and oxygen atoms in total. The molecule has 0 saturated heterocycles. The first-order valence-electron chi connectivity index (χ1n) is 7.25. The minimum absolute atomic E-state index is 0.219. The minimum atomic E-state index is -1.34. The molecule has 0 aromatic carbocycles. The average Bonchev–Trinajstić information content (AvgIpc) is 2.25. The van der Waals surface area contributed by atoms with Crippen molar-refractivity contribution in [1.29, 1.82) is 0 Å². The van der Waals surface area contributed by atoms with Crippen LogP contribution >= 0.6 is 0 Å². The Labute approximate surface area is 121 Å². The van der Waals surface area contributed by atoms with Crippen LogP contribution in [0.4, 0.5) is 0 Å². The summed E-state index contributed by atoms with van der Waals surface area (Å²) in [5.41, 5.74) is -0.253. The molecule has 20 heavy (non-hydrogen) atoms. The maximum Gasteiger partial charge on any atom is 0.343 e. The maximum atomic E-state index is 11.4. The lowest BCUT2D eigenvalue weighted by Gasteiger charge is -2.35. The van der Waals surface area contributed by atoms with Gasteiger partial charge in [0.25, 0.3) is 0 Å². The molecule has 0 rings (SSSR count). The number of carbonyl (C=O) groups is 2. The lowest BCUT2D eigenvalue weighted by molar-refractivity contribution is -0.140. The monoisotopic (exact) mass is 284 g/mol. The smallest absolute Gasteiger partial charge is 0.343 e. The number of hydrogen-bond donors (Lipinski definition) is 2. The van der Waals surface area contributed by atoms with Crippen LogP contribution in [-0.4, -0.2) is 22.2 Å². The first-order valence-corrected chi connectivity index (χ1v) is 7.25. The third-order valence-electron chi connectivity index (χ3n) is 3.71. The van der Waals surface area contributed by atoms with Crippen LogP contribution in [0.15, 0.2) is 11.1 Å². The Morgan fingerprint density at radius 2 is 1.45 bits per heavy atom. The van der Waals surface area contributed by atoms with E-state index in [4.69, 9.17) is 0 Å². The summed E-state index contributed by atoms with van der Waals surface area (Å²) in [6.45, 7) is 12.1. The molecule has 0 fully saturated rings. The first kappa shape index (κ1) is 18.7. The fourth-order valence-electron chi connectivity index (χ4n) is 2.79. The second kappa shape index (κ2) is 7.46. The van der Waals surface area contributed by atoms with Crippen LogP contribution in [0.3, 0.4) is 0 Å². The van der Waals surface area contributed by atoms with Gasteiger partial charge in [-0.15, -0.1) is 0 Å². The first-order chi connectivity index (χ1) is 9.05. The lowest BCUT2D eigenvalue weighted by atomic mass is 9.69. The molecule has 0 bridgehead atoms. The predicted octanol–water partition coefficient (Wildman–Crippen LogP) is 3.96. The highest BCUT2D eigenvalue weighted by molar-refractivity contribution is 6.13. The van der Waals surface area contributed by atoms with Gasteiger partial charge in [-0.3, -0.25) is 0 Å². The lowest BCUT2D eigenvalue weighted by Crippen LogP contribution is -2.28. The highest BCUT2D eigenvalue weighted by Gasteiger charge is 2.35. The van der Waals surface area contributed by atoms with Gasteiger partial charge in [0.1, 0.15) is 5.57 Å². The second-order valence-electron chi connectivity index (χ2n) is 6.57. The van der Waals surface area contributed by atoms with Crippen LogP contribution in [0.5, 0.6) is 0 Å². The normalized spacial score (nSPS) is 14.2. The molecule has 0 aliphatic carbocycles. The zero-order valence-electron chi connectivity index (χ0n) is 13.5. The zero-order chi connectivity index (χ0) is 16.1. The molecule has 0 aromatic heterocycles. The Morgan fingerprint density at radius 3 is 1.70 bits per heavy atom. The van der Waals surface area contributed by atoms with Crippen LogP contribution in [0.1, 0.15) is 60.8 Å². The van der Waals surface area contributed by atoms with Gasteiger partial charge in [-0.05, 0) is 42.1 Å². The summed E-state index contributed by atoms with van der Waals surface area (Å²) in [7, 11) is 0. The van der Waals surface area contributed by atoms with Gasteiger partial charge in [0.15, 0.2) is 0 Å². The SMILES string of the molecule is CCC(C)(CC(C)C)C(CC(C)C)=C(C(=O)O)C(=O)O. The topological polar surface area (TPSA) is 74.6 Å². The summed E-state index contributed by atoms with van der Waals surface area (Å²) in [5.74, 6) is -2.07. The van der Waals surface area contributed by atoms with E-state index in [2.05, 4.69) is 13.8 Å². The molecule has 0 amide bonds. The second-order valence-corrected chi connectivity index (χ2v) is 6.57. The molecule has 0 aliphatic heterocycles. The van der Waals surface area contributed by atoms with Crippen molar-refractivity contribution in [2.45, 2.75) is 60.8 Å². The van der Waals surface area contributed by atoms with Gasteiger partial charge in [-0.2, -0.15) is 0 Å². The van der Waals surface area contributed by atoms with E-state index in [9.17, 15) is 19.8 Å². The molecule has 0 spiro atoms. The van der Waals surface area contributed by atoms with E-state index in [1.54, 1.807) is 0 Å². The van der Waals surface area contributed by atoms with Gasteiger partial charge in [-0.1, -0.05) is 41.5 Å². The van der Waals surface area contributed by atoms with Crippen molar-refractivity contribution < 1.29 is 19.8 Å². The third-order valence-corrected chi connectivity index (χ3v) is 3.71. The van der Waals surface area contributed by atoms with E-state index in [0.717, 1.165) is 12.8 Å². The van der Waals surface area contributed by atoms with Crippen molar-refractivity contribution >= 4 is 11.9 Å². The summed E-state index contributed by atoms with van der Waals surface area (Å²) in [6, 6.07) is 0. The molecule has 0 aromatic rings. The average molecular weight is 284 g/mol. The van der Waals surface area contributed by atoms with Gasteiger partial charge in [0, 0.05) is 0 Å². The molecule has 116 valence electrons. The number of carboxylic acids is 2. The van der Waals surface area contributed by atoms with E-state index in [0.29, 0.717) is 17.9 Å². The summed E-state index contributed by atoms with van der Waals surface area (Å²) < 4.78 is 0. The molecule has 4 heteroatoms. The summed E-state index contributed by atoms with van der Waals surface area (Å²) in [6.07, 6.45) is 2.03. The van der Waals surface area contributed by atoms with Gasteiger partial charge >= 0.3 is 11.9 Å². The van der Waals surface area contributed by atoms with Gasteiger partial charge in [0.2, 0.25) is 0 Å². The zero-order valence-corrected chi connectivity index (χ0v) is 13.5. The molecular weight excluding hydrogens is 256 g/mol. The van der Waals surface area contributed by atoms with Crippen molar-refractivity contribution in [3.63, 3.8) is 0 Å². The van der Waals surface area contributed by atoms with Crippen molar-refractivity contribution in [3.05, 3.63) is 11.1 Å². The van der Waals surface area contributed by atoms with E-state index in [1.807, 2.05) is 27.7 Å². The molecular formula is C16H28O4. The van der Waals surface area contributed by atoms with Crippen LogP contribution in [-0.2, 0) is 9.59 Å². The summed E-state index contributed by atoms with van der Waals surface area (Å²) in [5, 5.41) is 18.6. The van der Waals surface area contributed by atoms with Crippen molar-refractivity contribution in [3.8, 4) is 0 Å². The van der Waals surface area contributed by atoms with Crippen molar-refractivity contribution in [1.82, 2.24) is 0 Å². The number of allylic oxidation sites excluding steroid dienone is 1. The minimum Gasteiger partial charge on any atom is -0.477 e. The van der Waals surface area contributed by atoms with Gasteiger partial charge < -0.3 is 10.2 Å². The predicted molar refractivity (Wildman–Crippen MR) is 79.6 cm³/mol. The van der Waals surface area contributed by atoms with E-state index < -0.39 is 17.5 Å². The van der Waals surface area contributed by atoms with E-state index >= 15 is 0 Å². The van der Waals surface area contributed by atoms with Crippen molar-refractivity contribution in [2.75, 3.05) is 0 Å². The van der Waals surface area contributed by atoms with Gasteiger partial charge in [-0.25, -0.2) is 9.59 Å². The van der Waals surface area contributed by atoms with Crippen LogP contribution < -0.4 is 0 Å². The molecule has 0 saturated carbocycles. The Balaban J connectivity index is 6.04. The Kier molecular flexibility index (Phi) is 6.97. The number of aliphatic carboxylic acids is 2. The van der Waals surface area contributed by atoms with Crippen LogP contribution in [0, 0.1) is 17.3 Å². The quantitative estimate of drug-likeness (QED) is 0.402. The van der Waals surface area contributed by atoms with E-state index in [-0.39, 0.29) is 11.3 Å². The number of carboxylic acid groups (broad SMARTS) is 2. The maximum absolute atomic E-state index is 11.4. The molecule has 0 radical (unpaired) electrons. The standard InChI is InChI=1S/C16H28O4/c1-7-16(6,9-11(4)5)12(8-10(2)3)13(14(17)18)15(19)20/h10-11H,7-9H2,1-6H3,(H,17,18)(H,19,20). The highest BCUT2D eigenvalue weighted by atomic mass is 16.4. The summed E-state index contributed by atoms with van der Waals surface area (Å²) in [4.78, 5) is 22.7. The fourth-order valence-corrected chi connectivity index (χ4v) is 2.79. The number of hydrogen-bond acceptors (Lipinski definition) is 2. The van der Waals surface area contributed by atoms with Crippen LogP contribution in [0.2, 0.25) is 0 Å². The molecule has 0 heterocycles. The molecule has 2 N–H and O–H groups in total. The molecule has 1 atom stereocenters. The summed E-state index contributed by atoms with van der Waals surface area (Å²) >= 11 is 0. The van der Waals surface area contributed by atoms with Gasteiger partial charge in [0.05, 0.1) is 0 Å². The Morgan fingerprint density at radius 1 is 1.00 bits per heavy atom. The third kappa shape index (κ3) is 4.99. The van der Waals surface area contributed by atoms with Crippen LogP contribution in [0.25, 0.3) is 0 Å².